The molecular weight excluding hydrogens is 703 g/mol. The average molecular weight is 765 g/mol. The van der Waals surface area contributed by atoms with Gasteiger partial charge in [-0.05, 0) is 165 Å². The molecule has 0 saturated carbocycles. The van der Waals surface area contributed by atoms with Crippen LogP contribution in [0.1, 0.15) is 141 Å². The van der Waals surface area contributed by atoms with Crippen molar-refractivity contribution in [2.45, 2.75) is 143 Å². The van der Waals surface area contributed by atoms with E-state index in [4.69, 9.17) is 4.42 Å². The molecule has 5 aromatic carbocycles. The Bertz CT molecular complexity index is 2700. The van der Waals surface area contributed by atoms with E-state index in [1.54, 1.807) is 0 Å². The molecule has 2 aliphatic heterocycles. The number of rotatable bonds is 2. The fourth-order valence-corrected chi connectivity index (χ4v) is 11.2. The van der Waals surface area contributed by atoms with E-state index in [-0.39, 0.29) is 33.8 Å². The van der Waals surface area contributed by atoms with Crippen molar-refractivity contribution >= 4 is 68.4 Å². The van der Waals surface area contributed by atoms with E-state index < -0.39 is 0 Å². The van der Waals surface area contributed by atoms with Crippen molar-refractivity contribution in [3.05, 3.63) is 124 Å². The van der Waals surface area contributed by atoms with Gasteiger partial charge in [-0.1, -0.05) is 113 Å². The molecule has 0 radical (unpaired) electrons. The van der Waals surface area contributed by atoms with Gasteiger partial charge in [-0.25, -0.2) is 0 Å². The Morgan fingerprint density at radius 3 is 1.67 bits per heavy atom. The van der Waals surface area contributed by atoms with Crippen LogP contribution in [0.2, 0.25) is 0 Å². The van der Waals surface area contributed by atoms with Crippen LogP contribution in [-0.4, -0.2) is 6.71 Å². The number of benzene rings is 5. The first-order valence-corrected chi connectivity index (χ1v) is 21.9. The van der Waals surface area contributed by atoms with Gasteiger partial charge in [0.25, 0.3) is 6.71 Å². The lowest BCUT2D eigenvalue weighted by atomic mass is 9.35. The highest BCUT2D eigenvalue weighted by Gasteiger charge is 2.49. The lowest BCUT2D eigenvalue weighted by Crippen LogP contribution is -2.61. The number of furan rings is 1. The van der Waals surface area contributed by atoms with Gasteiger partial charge in [0.05, 0.1) is 11.3 Å². The first-order chi connectivity index (χ1) is 27.2. The first kappa shape index (κ1) is 37.6. The number of nitrogens with zero attached hydrogens (tertiary/aromatic N) is 2. The molecular formula is C54H61BN2O. The van der Waals surface area contributed by atoms with Crippen LogP contribution in [0.4, 0.5) is 34.1 Å². The van der Waals surface area contributed by atoms with Gasteiger partial charge in [0.15, 0.2) is 0 Å². The number of hydrogen-bond acceptors (Lipinski definition) is 3. The molecule has 4 aliphatic rings. The summed E-state index contributed by atoms with van der Waals surface area (Å²) in [7, 11) is 0. The van der Waals surface area contributed by atoms with E-state index in [9.17, 15) is 0 Å². The van der Waals surface area contributed by atoms with Gasteiger partial charge in [-0.15, -0.1) is 0 Å². The van der Waals surface area contributed by atoms with Crippen molar-refractivity contribution in [1.29, 1.82) is 0 Å². The standard InChI is InChI=1S/C54H61BN2O/c1-32-26-44-47-45(27-32)57(42-30-39-37(28-33(42)2)51(6,7)22-24-53(39,10)11)43-31-40-38(52(8,9)23-25-54(40,12)13)29-41(43)55(47)49-48(36-16-14-15-17-46(36)58-49)56(44)35-20-18-34(19-21-35)50(3,4)5/h14-21,26-31H,22-25H2,1-13H3. The molecule has 0 unspecified atom stereocenters. The number of fused-ring (bicyclic) bond motifs is 8. The third kappa shape index (κ3) is 5.31. The Kier molecular flexibility index (Phi) is 7.74. The monoisotopic (exact) mass is 764 g/mol. The Morgan fingerprint density at radius 1 is 0.569 bits per heavy atom. The van der Waals surface area contributed by atoms with Crippen molar-refractivity contribution < 1.29 is 4.42 Å². The Hall–Kier alpha value is -4.70. The summed E-state index contributed by atoms with van der Waals surface area (Å²) in [6.45, 7) is 31.1. The van der Waals surface area contributed by atoms with Gasteiger partial charge in [0.2, 0.25) is 0 Å². The van der Waals surface area contributed by atoms with Crippen molar-refractivity contribution in [2.24, 2.45) is 0 Å². The molecule has 58 heavy (non-hydrogen) atoms. The van der Waals surface area contributed by atoms with E-state index in [1.165, 1.54) is 104 Å². The molecule has 0 fully saturated rings. The second kappa shape index (κ2) is 12.0. The van der Waals surface area contributed by atoms with Crippen LogP contribution in [-0.2, 0) is 27.1 Å². The molecule has 0 N–H and O–H groups in total. The van der Waals surface area contributed by atoms with Crippen LogP contribution < -0.4 is 26.4 Å². The van der Waals surface area contributed by atoms with Crippen molar-refractivity contribution in [2.75, 3.05) is 9.80 Å². The van der Waals surface area contributed by atoms with E-state index in [2.05, 4.69) is 185 Å². The molecule has 4 heteroatoms. The van der Waals surface area contributed by atoms with Crippen molar-refractivity contribution in [3.63, 3.8) is 0 Å². The van der Waals surface area contributed by atoms with Gasteiger partial charge in [-0.2, -0.15) is 0 Å². The molecule has 2 aliphatic carbocycles. The largest absolute Gasteiger partial charge is 0.468 e. The number of hydrogen-bond donors (Lipinski definition) is 0. The number of aryl methyl sites for hydroxylation is 2. The second-order valence-corrected chi connectivity index (χ2v) is 22.1. The summed E-state index contributed by atoms with van der Waals surface area (Å²) >= 11 is 0. The smallest absolute Gasteiger partial charge is 0.297 e. The third-order valence-corrected chi connectivity index (χ3v) is 15.1. The minimum Gasteiger partial charge on any atom is -0.468 e. The summed E-state index contributed by atoms with van der Waals surface area (Å²) in [6, 6.07) is 33.3. The Balaban J connectivity index is 1.33. The highest BCUT2D eigenvalue weighted by atomic mass is 16.3. The molecule has 0 spiro atoms. The third-order valence-electron chi connectivity index (χ3n) is 15.1. The quantitative estimate of drug-likeness (QED) is 0.163. The molecule has 6 aromatic rings. The maximum Gasteiger partial charge on any atom is 0.297 e. The van der Waals surface area contributed by atoms with Crippen molar-refractivity contribution in [3.8, 4) is 0 Å². The second-order valence-electron chi connectivity index (χ2n) is 22.1. The van der Waals surface area contributed by atoms with Crippen LogP contribution in [0.25, 0.3) is 11.0 Å². The molecule has 0 amide bonds. The van der Waals surface area contributed by atoms with Crippen LogP contribution in [0, 0.1) is 13.8 Å². The topological polar surface area (TPSA) is 19.6 Å². The summed E-state index contributed by atoms with van der Waals surface area (Å²) in [5.74, 6) is 0. The normalized spacial score (nSPS) is 19.3. The molecule has 0 atom stereocenters. The summed E-state index contributed by atoms with van der Waals surface area (Å²) in [5, 5.41) is 1.16. The zero-order valence-electron chi connectivity index (χ0n) is 37.3. The van der Waals surface area contributed by atoms with Gasteiger partial charge in [-0.3, -0.25) is 0 Å². The average Bonchev–Trinajstić information content (AvgIpc) is 3.54. The predicted octanol–water partition coefficient (Wildman–Crippen LogP) is 13.1. The maximum atomic E-state index is 7.22. The zero-order valence-corrected chi connectivity index (χ0v) is 37.3. The number of anilines is 6. The molecule has 296 valence electrons. The maximum absolute atomic E-state index is 7.22. The number of para-hydroxylation sites is 1. The van der Waals surface area contributed by atoms with Gasteiger partial charge < -0.3 is 14.2 Å². The molecule has 10 rings (SSSR count). The minimum atomic E-state index is -0.0659. The van der Waals surface area contributed by atoms with Gasteiger partial charge in [0.1, 0.15) is 5.58 Å². The van der Waals surface area contributed by atoms with E-state index in [1.807, 2.05) is 0 Å². The highest BCUT2D eigenvalue weighted by molar-refractivity contribution is 7.00. The van der Waals surface area contributed by atoms with Crippen LogP contribution in [0.15, 0.2) is 89.3 Å². The SMILES string of the molecule is Cc1cc2c3c(c1)N(c1ccc(C(C)(C)C)cc1)c1c(oc4ccccc14)B3c1cc3c(cc1N2c1cc2c(cc1C)C(C)(C)CCC2(C)C)C(C)(C)CCC3(C)C. The Labute approximate surface area is 347 Å². The zero-order chi connectivity index (χ0) is 41.1. The molecule has 3 heterocycles. The minimum absolute atomic E-state index is 0.0593. The van der Waals surface area contributed by atoms with Gasteiger partial charge in [0, 0.05) is 33.8 Å². The summed E-state index contributed by atoms with van der Waals surface area (Å²) in [6.07, 6.45) is 4.73. The summed E-state index contributed by atoms with van der Waals surface area (Å²) < 4.78 is 7.22. The predicted molar refractivity (Wildman–Crippen MR) is 249 cm³/mol. The summed E-state index contributed by atoms with van der Waals surface area (Å²) in [4.78, 5) is 5.20. The Morgan fingerprint density at radius 2 is 1.09 bits per heavy atom. The fourth-order valence-electron chi connectivity index (χ4n) is 11.2. The molecule has 3 nitrogen and oxygen atoms in total. The van der Waals surface area contributed by atoms with Crippen LogP contribution in [0.3, 0.4) is 0 Å². The van der Waals surface area contributed by atoms with Crippen LogP contribution >= 0.6 is 0 Å². The molecule has 0 saturated heterocycles. The van der Waals surface area contributed by atoms with E-state index in [0.717, 1.165) is 22.3 Å². The molecule has 1 aromatic heterocycles. The fraction of sp³-hybridized carbons (Fsp3) is 0.407. The van der Waals surface area contributed by atoms with E-state index >= 15 is 0 Å². The van der Waals surface area contributed by atoms with Crippen LogP contribution in [0.5, 0.6) is 0 Å². The highest BCUT2D eigenvalue weighted by Crippen LogP contribution is 2.54. The lowest BCUT2D eigenvalue weighted by Gasteiger charge is -2.47. The summed E-state index contributed by atoms with van der Waals surface area (Å²) in [5.41, 5.74) is 22.4. The lowest BCUT2D eigenvalue weighted by molar-refractivity contribution is 0.331. The first-order valence-electron chi connectivity index (χ1n) is 21.9. The van der Waals surface area contributed by atoms with E-state index in [0.29, 0.717) is 0 Å². The van der Waals surface area contributed by atoms with Crippen molar-refractivity contribution in [1.82, 2.24) is 0 Å². The molecule has 0 bridgehead atoms. The van der Waals surface area contributed by atoms with Gasteiger partial charge >= 0.3 is 0 Å².